The largest absolute Gasteiger partial charge is 0.315 e. The standard InChI is InChI=1S/C17H17N5OS/c1-13(16(23)21(2)14-9-5-3-6-10-14)24-17-18-19-20-22(17)15-11-7-4-8-12-15/h3-13H,1-2H3. The second-order valence-corrected chi connectivity index (χ2v) is 6.51. The fraction of sp³-hybridized carbons (Fsp3) is 0.176. The van der Waals surface area contributed by atoms with Crippen LogP contribution in [0.5, 0.6) is 0 Å². The fourth-order valence-electron chi connectivity index (χ4n) is 2.24. The van der Waals surface area contributed by atoms with Gasteiger partial charge in [0.2, 0.25) is 11.1 Å². The summed E-state index contributed by atoms with van der Waals surface area (Å²) in [5, 5.41) is 12.1. The summed E-state index contributed by atoms with van der Waals surface area (Å²) >= 11 is 1.34. The smallest absolute Gasteiger partial charge is 0.240 e. The number of aromatic nitrogens is 4. The van der Waals surface area contributed by atoms with E-state index in [0.29, 0.717) is 5.16 Å². The minimum absolute atomic E-state index is 0.00573. The SMILES string of the molecule is CC(Sc1nnnn1-c1ccccc1)C(=O)N(C)c1ccccc1. The lowest BCUT2D eigenvalue weighted by atomic mass is 10.3. The maximum atomic E-state index is 12.6. The molecule has 2 aromatic carbocycles. The number of tetrazole rings is 1. The Morgan fingerprint density at radius 2 is 1.71 bits per heavy atom. The molecule has 0 spiro atoms. The lowest BCUT2D eigenvalue weighted by molar-refractivity contribution is -0.117. The van der Waals surface area contributed by atoms with Crippen LogP contribution in [0.25, 0.3) is 5.69 Å². The molecule has 0 fully saturated rings. The van der Waals surface area contributed by atoms with Crippen LogP contribution in [0.1, 0.15) is 6.92 Å². The van der Waals surface area contributed by atoms with Crippen molar-refractivity contribution < 1.29 is 4.79 Å². The van der Waals surface area contributed by atoms with Crippen molar-refractivity contribution in [2.45, 2.75) is 17.3 Å². The zero-order valence-electron chi connectivity index (χ0n) is 13.4. The number of anilines is 1. The number of hydrogen-bond acceptors (Lipinski definition) is 5. The highest BCUT2D eigenvalue weighted by Gasteiger charge is 2.22. The van der Waals surface area contributed by atoms with Gasteiger partial charge in [-0.2, -0.15) is 4.68 Å². The molecular formula is C17H17N5OS. The molecule has 0 N–H and O–H groups in total. The van der Waals surface area contributed by atoms with Gasteiger partial charge in [-0.25, -0.2) is 0 Å². The van der Waals surface area contributed by atoms with Gasteiger partial charge >= 0.3 is 0 Å². The number of thioether (sulfide) groups is 1. The first-order chi connectivity index (χ1) is 11.7. The van der Waals surface area contributed by atoms with Crippen LogP contribution in [-0.4, -0.2) is 38.4 Å². The number of benzene rings is 2. The Balaban J connectivity index is 1.75. The van der Waals surface area contributed by atoms with Crippen molar-refractivity contribution in [2.24, 2.45) is 0 Å². The number of amides is 1. The van der Waals surface area contributed by atoms with Gasteiger partial charge in [0, 0.05) is 12.7 Å². The Morgan fingerprint density at radius 1 is 1.08 bits per heavy atom. The van der Waals surface area contributed by atoms with Gasteiger partial charge in [-0.1, -0.05) is 48.2 Å². The number of para-hydroxylation sites is 2. The molecule has 3 aromatic rings. The normalized spacial score (nSPS) is 11.9. The molecule has 1 amide bonds. The van der Waals surface area contributed by atoms with Crippen LogP contribution in [0.4, 0.5) is 5.69 Å². The lowest BCUT2D eigenvalue weighted by Crippen LogP contribution is -2.33. The molecule has 1 atom stereocenters. The highest BCUT2D eigenvalue weighted by Crippen LogP contribution is 2.25. The molecule has 1 unspecified atom stereocenters. The zero-order valence-corrected chi connectivity index (χ0v) is 14.2. The van der Waals surface area contributed by atoms with Crippen molar-refractivity contribution in [1.29, 1.82) is 0 Å². The third kappa shape index (κ3) is 3.46. The lowest BCUT2D eigenvalue weighted by Gasteiger charge is -2.20. The monoisotopic (exact) mass is 339 g/mol. The molecule has 24 heavy (non-hydrogen) atoms. The van der Waals surface area contributed by atoms with Crippen LogP contribution >= 0.6 is 11.8 Å². The van der Waals surface area contributed by atoms with Gasteiger partial charge in [-0.15, -0.1) is 5.10 Å². The first kappa shape index (κ1) is 16.2. The first-order valence-corrected chi connectivity index (χ1v) is 8.38. The van der Waals surface area contributed by atoms with Gasteiger partial charge in [0.1, 0.15) is 0 Å². The Kier molecular flexibility index (Phi) is 4.90. The molecule has 0 saturated carbocycles. The van der Waals surface area contributed by atoms with Crippen molar-refractivity contribution in [2.75, 3.05) is 11.9 Å². The number of rotatable bonds is 5. The third-order valence-electron chi connectivity index (χ3n) is 3.55. The van der Waals surface area contributed by atoms with E-state index in [0.717, 1.165) is 11.4 Å². The van der Waals surface area contributed by atoms with E-state index in [-0.39, 0.29) is 11.2 Å². The maximum Gasteiger partial charge on any atom is 0.240 e. The quantitative estimate of drug-likeness (QED) is 0.669. The first-order valence-electron chi connectivity index (χ1n) is 7.50. The Hall–Kier alpha value is -2.67. The second-order valence-electron chi connectivity index (χ2n) is 5.20. The Labute approximate surface area is 144 Å². The molecular weight excluding hydrogens is 322 g/mol. The van der Waals surface area contributed by atoms with E-state index in [9.17, 15) is 4.79 Å². The minimum atomic E-state index is -0.316. The number of nitrogens with zero attached hydrogens (tertiary/aromatic N) is 5. The van der Waals surface area contributed by atoms with Gasteiger partial charge < -0.3 is 4.90 Å². The maximum absolute atomic E-state index is 12.6. The molecule has 0 bridgehead atoms. The van der Waals surface area contributed by atoms with Crippen molar-refractivity contribution in [1.82, 2.24) is 20.2 Å². The van der Waals surface area contributed by atoms with Crippen LogP contribution in [0, 0.1) is 0 Å². The summed E-state index contributed by atoms with van der Waals surface area (Å²) in [6, 6.07) is 19.2. The molecule has 0 aliphatic rings. The van der Waals surface area contributed by atoms with Crippen LogP contribution in [0.15, 0.2) is 65.8 Å². The van der Waals surface area contributed by atoms with Crippen molar-refractivity contribution in [3.05, 3.63) is 60.7 Å². The zero-order chi connectivity index (χ0) is 16.9. The summed E-state index contributed by atoms with van der Waals surface area (Å²) in [6.07, 6.45) is 0. The van der Waals surface area contributed by atoms with E-state index >= 15 is 0 Å². The average Bonchev–Trinajstić information content (AvgIpc) is 3.10. The van der Waals surface area contributed by atoms with E-state index in [1.165, 1.54) is 11.8 Å². The molecule has 0 aliphatic heterocycles. The van der Waals surface area contributed by atoms with Crippen LogP contribution < -0.4 is 4.90 Å². The molecule has 0 saturated heterocycles. The molecule has 6 nitrogen and oxygen atoms in total. The van der Waals surface area contributed by atoms with Crippen LogP contribution in [0.2, 0.25) is 0 Å². The summed E-state index contributed by atoms with van der Waals surface area (Å²) in [4.78, 5) is 14.3. The van der Waals surface area contributed by atoms with Gasteiger partial charge in [0.05, 0.1) is 10.9 Å². The van der Waals surface area contributed by atoms with E-state index in [4.69, 9.17) is 0 Å². The van der Waals surface area contributed by atoms with Crippen LogP contribution in [-0.2, 0) is 4.79 Å². The van der Waals surface area contributed by atoms with Crippen molar-refractivity contribution in [3.63, 3.8) is 0 Å². The van der Waals surface area contributed by atoms with Gasteiger partial charge in [-0.05, 0) is 41.6 Å². The molecule has 7 heteroatoms. The Bertz CT molecular complexity index is 806. The summed E-state index contributed by atoms with van der Waals surface area (Å²) in [5.41, 5.74) is 1.72. The number of carbonyl (C=O) groups excluding carboxylic acids is 1. The van der Waals surface area contributed by atoms with Gasteiger partial charge in [0.25, 0.3) is 0 Å². The predicted molar refractivity (Wildman–Crippen MR) is 94.3 cm³/mol. The summed E-state index contributed by atoms with van der Waals surface area (Å²) < 4.78 is 1.64. The van der Waals surface area contributed by atoms with E-state index < -0.39 is 0 Å². The molecule has 1 aromatic heterocycles. The minimum Gasteiger partial charge on any atom is -0.315 e. The highest BCUT2D eigenvalue weighted by atomic mass is 32.2. The molecule has 3 rings (SSSR count). The summed E-state index contributed by atoms with van der Waals surface area (Å²) in [6.45, 7) is 1.86. The van der Waals surface area contributed by atoms with Crippen molar-refractivity contribution in [3.8, 4) is 5.69 Å². The average molecular weight is 339 g/mol. The number of carbonyl (C=O) groups is 1. The number of hydrogen-bond donors (Lipinski definition) is 0. The molecule has 1 heterocycles. The van der Waals surface area contributed by atoms with Crippen molar-refractivity contribution >= 4 is 23.4 Å². The van der Waals surface area contributed by atoms with E-state index in [1.807, 2.05) is 67.6 Å². The van der Waals surface area contributed by atoms with E-state index in [2.05, 4.69) is 15.5 Å². The van der Waals surface area contributed by atoms with Gasteiger partial charge in [0.15, 0.2) is 0 Å². The van der Waals surface area contributed by atoms with Gasteiger partial charge in [-0.3, -0.25) is 4.79 Å². The molecule has 0 radical (unpaired) electrons. The van der Waals surface area contributed by atoms with E-state index in [1.54, 1.807) is 16.6 Å². The topological polar surface area (TPSA) is 63.9 Å². The summed E-state index contributed by atoms with van der Waals surface area (Å²) in [7, 11) is 1.77. The van der Waals surface area contributed by atoms with Crippen LogP contribution in [0.3, 0.4) is 0 Å². The second kappa shape index (κ2) is 7.27. The fourth-order valence-corrected chi connectivity index (χ4v) is 3.14. The highest BCUT2D eigenvalue weighted by molar-refractivity contribution is 8.00. The molecule has 122 valence electrons. The summed E-state index contributed by atoms with van der Waals surface area (Å²) in [5.74, 6) is -0.00573. The Morgan fingerprint density at radius 3 is 2.38 bits per heavy atom. The molecule has 0 aliphatic carbocycles. The third-order valence-corrected chi connectivity index (χ3v) is 4.57. The predicted octanol–water partition coefficient (Wildman–Crippen LogP) is 2.81.